The number of benzene rings is 2. The fourth-order valence-electron chi connectivity index (χ4n) is 3.18. The molecular weight excluding hydrogens is 330 g/mol. The molecule has 3 rings (SSSR count). The van der Waals surface area contributed by atoms with Crippen LogP contribution in [0.2, 0.25) is 0 Å². The number of rotatable bonds is 6. The molecule has 1 N–H and O–H groups in total. The van der Waals surface area contributed by atoms with Crippen LogP contribution in [0.15, 0.2) is 48.5 Å². The van der Waals surface area contributed by atoms with Crippen LogP contribution in [0.5, 0.6) is 11.5 Å². The number of nitrogens with one attached hydrogen (secondary N) is 1. The van der Waals surface area contributed by atoms with Crippen LogP contribution in [0, 0.1) is 0 Å². The fraction of sp³-hybridized carbons (Fsp3) is 0.381. The van der Waals surface area contributed by atoms with Crippen molar-refractivity contribution >= 4 is 17.2 Å². The van der Waals surface area contributed by atoms with Gasteiger partial charge in [0.05, 0.1) is 7.11 Å². The Balaban J connectivity index is 1.65. The molecule has 0 bridgehead atoms. The van der Waals surface area contributed by atoms with E-state index in [0.29, 0.717) is 18.4 Å². The second kappa shape index (κ2) is 8.86. The third-order valence-corrected chi connectivity index (χ3v) is 4.96. The summed E-state index contributed by atoms with van der Waals surface area (Å²) < 4.78 is 11.4. The largest absolute Gasteiger partial charge is 0.493 e. The first-order valence-corrected chi connectivity index (χ1v) is 9.32. The lowest BCUT2D eigenvalue weighted by molar-refractivity contribution is 0.284. The van der Waals surface area contributed by atoms with Crippen LogP contribution in [-0.2, 0) is 6.61 Å². The van der Waals surface area contributed by atoms with Crippen molar-refractivity contribution in [2.45, 2.75) is 44.8 Å². The van der Waals surface area contributed by atoms with Crippen LogP contribution in [0.25, 0.3) is 0 Å². The Morgan fingerprint density at radius 2 is 1.80 bits per heavy atom. The molecule has 0 aromatic heterocycles. The van der Waals surface area contributed by atoms with Crippen LogP contribution in [-0.4, -0.2) is 18.1 Å². The molecule has 2 aromatic carbocycles. The van der Waals surface area contributed by atoms with Crippen molar-refractivity contribution in [1.82, 2.24) is 5.32 Å². The second-order valence-electron chi connectivity index (χ2n) is 6.45. The zero-order chi connectivity index (χ0) is 17.5. The van der Waals surface area contributed by atoms with E-state index in [1.54, 1.807) is 7.11 Å². The molecule has 4 heteroatoms. The highest BCUT2D eigenvalue weighted by atomic mass is 32.1. The SMILES string of the molecule is COc1cc(C(=S)NC2CCCCC2)ccc1OCc1ccccc1. The molecule has 0 aliphatic heterocycles. The van der Waals surface area contributed by atoms with Crippen molar-refractivity contribution in [2.75, 3.05) is 7.11 Å². The van der Waals surface area contributed by atoms with Crippen molar-refractivity contribution in [2.24, 2.45) is 0 Å². The summed E-state index contributed by atoms with van der Waals surface area (Å²) in [5, 5.41) is 3.50. The normalized spacial score (nSPS) is 14.8. The average molecular weight is 356 g/mol. The highest BCUT2D eigenvalue weighted by Gasteiger charge is 2.16. The number of thiocarbonyl (C=S) groups is 1. The van der Waals surface area contributed by atoms with Gasteiger partial charge >= 0.3 is 0 Å². The Bertz CT molecular complexity index is 696. The first kappa shape index (κ1) is 17.7. The van der Waals surface area contributed by atoms with Crippen LogP contribution in [0.1, 0.15) is 43.2 Å². The van der Waals surface area contributed by atoms with E-state index in [0.717, 1.165) is 21.9 Å². The maximum absolute atomic E-state index is 5.91. The standard InChI is InChI=1S/C21H25NO2S/c1-23-20-14-17(21(25)22-18-10-6-3-7-11-18)12-13-19(20)24-15-16-8-4-2-5-9-16/h2,4-5,8-9,12-14,18H,3,6-7,10-11,15H2,1H3,(H,22,25). The van der Waals surface area contributed by atoms with E-state index in [4.69, 9.17) is 21.7 Å². The minimum Gasteiger partial charge on any atom is -0.493 e. The monoisotopic (exact) mass is 355 g/mol. The third kappa shape index (κ3) is 4.95. The molecule has 1 fully saturated rings. The molecule has 0 saturated heterocycles. The summed E-state index contributed by atoms with van der Waals surface area (Å²) in [6.45, 7) is 0.515. The molecule has 0 heterocycles. The molecule has 0 atom stereocenters. The molecule has 132 valence electrons. The van der Waals surface area contributed by atoms with Crippen LogP contribution >= 0.6 is 12.2 Å². The van der Waals surface area contributed by atoms with E-state index in [9.17, 15) is 0 Å². The van der Waals surface area contributed by atoms with Gasteiger partial charge in [-0.2, -0.15) is 0 Å². The predicted octanol–water partition coefficient (Wildman–Crippen LogP) is 4.87. The average Bonchev–Trinajstić information content (AvgIpc) is 2.67. The Kier molecular flexibility index (Phi) is 6.29. The second-order valence-corrected chi connectivity index (χ2v) is 6.86. The number of methoxy groups -OCH3 is 1. The molecular formula is C21H25NO2S. The van der Waals surface area contributed by atoms with Gasteiger partial charge < -0.3 is 14.8 Å². The van der Waals surface area contributed by atoms with Gasteiger partial charge in [-0.05, 0) is 36.6 Å². The molecule has 0 spiro atoms. The van der Waals surface area contributed by atoms with Crippen molar-refractivity contribution < 1.29 is 9.47 Å². The van der Waals surface area contributed by atoms with E-state index in [1.807, 2.05) is 48.5 Å². The van der Waals surface area contributed by atoms with Crippen LogP contribution < -0.4 is 14.8 Å². The van der Waals surface area contributed by atoms with Gasteiger partial charge in [0, 0.05) is 11.6 Å². The van der Waals surface area contributed by atoms with E-state index in [-0.39, 0.29) is 0 Å². The zero-order valence-electron chi connectivity index (χ0n) is 14.7. The summed E-state index contributed by atoms with van der Waals surface area (Å²) in [4.78, 5) is 0.791. The summed E-state index contributed by atoms with van der Waals surface area (Å²) in [7, 11) is 1.66. The molecule has 1 aliphatic rings. The smallest absolute Gasteiger partial charge is 0.161 e. The van der Waals surface area contributed by atoms with Crippen LogP contribution in [0.4, 0.5) is 0 Å². The Labute approximate surface area is 155 Å². The first-order chi connectivity index (χ1) is 12.3. The van der Waals surface area contributed by atoms with Gasteiger partial charge in [0.25, 0.3) is 0 Å². The molecule has 0 radical (unpaired) electrons. The van der Waals surface area contributed by atoms with Gasteiger partial charge in [0.15, 0.2) is 11.5 Å². The van der Waals surface area contributed by atoms with Crippen LogP contribution in [0.3, 0.4) is 0 Å². The molecule has 0 unspecified atom stereocenters. The van der Waals surface area contributed by atoms with Gasteiger partial charge in [-0.1, -0.05) is 61.8 Å². The molecule has 1 aliphatic carbocycles. The van der Waals surface area contributed by atoms with Crippen molar-refractivity contribution in [3.63, 3.8) is 0 Å². The summed E-state index contributed by atoms with van der Waals surface area (Å²) in [5.41, 5.74) is 2.10. The Morgan fingerprint density at radius 3 is 2.52 bits per heavy atom. The topological polar surface area (TPSA) is 30.5 Å². The lowest BCUT2D eigenvalue weighted by Crippen LogP contribution is -2.35. The van der Waals surface area contributed by atoms with Gasteiger partial charge in [-0.25, -0.2) is 0 Å². The summed E-state index contributed by atoms with van der Waals surface area (Å²) in [6.07, 6.45) is 6.32. The maximum Gasteiger partial charge on any atom is 0.161 e. The minimum absolute atomic E-state index is 0.501. The molecule has 25 heavy (non-hydrogen) atoms. The number of hydrogen-bond acceptors (Lipinski definition) is 3. The fourth-order valence-corrected chi connectivity index (χ4v) is 3.47. The van der Waals surface area contributed by atoms with Gasteiger partial charge in [0.1, 0.15) is 11.6 Å². The quantitative estimate of drug-likeness (QED) is 0.749. The predicted molar refractivity (Wildman–Crippen MR) is 105 cm³/mol. The highest BCUT2D eigenvalue weighted by molar-refractivity contribution is 7.80. The first-order valence-electron chi connectivity index (χ1n) is 8.92. The highest BCUT2D eigenvalue weighted by Crippen LogP contribution is 2.29. The molecule has 0 amide bonds. The Morgan fingerprint density at radius 1 is 1.04 bits per heavy atom. The minimum atomic E-state index is 0.501. The van der Waals surface area contributed by atoms with E-state index >= 15 is 0 Å². The third-order valence-electron chi connectivity index (χ3n) is 4.60. The summed E-state index contributed by atoms with van der Waals surface area (Å²) >= 11 is 5.59. The number of ether oxygens (including phenoxy) is 2. The van der Waals surface area contributed by atoms with Gasteiger partial charge in [-0.3, -0.25) is 0 Å². The maximum atomic E-state index is 5.91. The number of hydrogen-bond donors (Lipinski definition) is 1. The Hall–Kier alpha value is -2.07. The summed E-state index contributed by atoms with van der Waals surface area (Å²) in [6, 6.07) is 16.5. The lowest BCUT2D eigenvalue weighted by atomic mass is 9.95. The van der Waals surface area contributed by atoms with Gasteiger partial charge in [0.2, 0.25) is 0 Å². The zero-order valence-corrected chi connectivity index (χ0v) is 15.5. The van der Waals surface area contributed by atoms with E-state index < -0.39 is 0 Å². The van der Waals surface area contributed by atoms with E-state index in [2.05, 4.69) is 5.32 Å². The van der Waals surface area contributed by atoms with Crippen molar-refractivity contribution in [1.29, 1.82) is 0 Å². The van der Waals surface area contributed by atoms with E-state index in [1.165, 1.54) is 32.1 Å². The van der Waals surface area contributed by atoms with Crippen molar-refractivity contribution in [3.8, 4) is 11.5 Å². The lowest BCUT2D eigenvalue weighted by Gasteiger charge is -2.24. The molecule has 1 saturated carbocycles. The van der Waals surface area contributed by atoms with Crippen molar-refractivity contribution in [3.05, 3.63) is 59.7 Å². The molecule has 3 nitrogen and oxygen atoms in total. The van der Waals surface area contributed by atoms with Gasteiger partial charge in [-0.15, -0.1) is 0 Å². The molecule has 2 aromatic rings. The summed E-state index contributed by atoms with van der Waals surface area (Å²) in [5.74, 6) is 1.44.